The Morgan fingerprint density at radius 1 is 1.44 bits per heavy atom. The highest BCUT2D eigenvalue weighted by molar-refractivity contribution is 5.81. The molecule has 1 saturated carbocycles. The van der Waals surface area contributed by atoms with Gasteiger partial charge < -0.3 is 16.0 Å². The molecule has 2 atom stereocenters. The van der Waals surface area contributed by atoms with Gasteiger partial charge in [0.1, 0.15) is 0 Å². The van der Waals surface area contributed by atoms with Gasteiger partial charge in [0.05, 0.1) is 0 Å². The zero-order valence-electron chi connectivity index (χ0n) is 10.1. The van der Waals surface area contributed by atoms with Crippen LogP contribution in [0.15, 0.2) is 0 Å². The normalized spacial score (nSPS) is 31.4. The van der Waals surface area contributed by atoms with Crippen LogP contribution in [-0.4, -0.2) is 43.0 Å². The van der Waals surface area contributed by atoms with Crippen molar-refractivity contribution < 1.29 is 4.79 Å². The van der Waals surface area contributed by atoms with Crippen LogP contribution in [0.1, 0.15) is 26.2 Å². The number of likely N-dealkylation sites (tertiary alicyclic amines) is 1. The smallest absolute Gasteiger partial charge is 0.223 e. The minimum absolute atomic E-state index is 0.282. The van der Waals surface area contributed by atoms with Crippen LogP contribution in [0, 0.1) is 11.8 Å². The fourth-order valence-corrected chi connectivity index (χ4v) is 2.48. The Hall–Kier alpha value is -0.610. The van der Waals surface area contributed by atoms with Crippen molar-refractivity contribution in [2.75, 3.05) is 26.2 Å². The molecule has 92 valence electrons. The molecule has 1 amide bonds. The average molecular weight is 225 g/mol. The molecule has 1 aliphatic heterocycles. The largest absolute Gasteiger partial charge is 0.353 e. The number of nitrogens with zero attached hydrogens (tertiary/aromatic N) is 1. The van der Waals surface area contributed by atoms with E-state index >= 15 is 0 Å². The topological polar surface area (TPSA) is 58.4 Å². The lowest BCUT2D eigenvalue weighted by Crippen LogP contribution is -2.46. The lowest BCUT2D eigenvalue weighted by molar-refractivity contribution is -0.123. The van der Waals surface area contributed by atoms with Gasteiger partial charge in [-0.1, -0.05) is 6.92 Å². The van der Waals surface area contributed by atoms with E-state index in [1.54, 1.807) is 0 Å². The summed E-state index contributed by atoms with van der Waals surface area (Å²) in [7, 11) is 0. The number of piperidine rings is 1. The van der Waals surface area contributed by atoms with Crippen molar-refractivity contribution in [2.24, 2.45) is 17.6 Å². The fourth-order valence-electron chi connectivity index (χ4n) is 2.48. The van der Waals surface area contributed by atoms with Crippen LogP contribution < -0.4 is 11.1 Å². The fraction of sp³-hybridized carbons (Fsp3) is 0.917. The van der Waals surface area contributed by atoms with E-state index in [-0.39, 0.29) is 5.91 Å². The van der Waals surface area contributed by atoms with Gasteiger partial charge in [-0.2, -0.15) is 0 Å². The first-order valence-corrected chi connectivity index (χ1v) is 6.43. The van der Waals surface area contributed by atoms with Gasteiger partial charge in [0.15, 0.2) is 0 Å². The molecule has 0 radical (unpaired) electrons. The van der Waals surface area contributed by atoms with Crippen molar-refractivity contribution in [1.82, 2.24) is 10.2 Å². The molecule has 4 nitrogen and oxygen atoms in total. The summed E-state index contributed by atoms with van der Waals surface area (Å²) in [4.78, 5) is 14.1. The molecule has 2 rings (SSSR count). The van der Waals surface area contributed by atoms with Crippen molar-refractivity contribution in [1.29, 1.82) is 0 Å². The number of hydrogen-bond donors (Lipinski definition) is 2. The van der Waals surface area contributed by atoms with Crippen LogP contribution in [0.3, 0.4) is 0 Å². The van der Waals surface area contributed by atoms with Crippen molar-refractivity contribution >= 4 is 5.91 Å². The van der Waals surface area contributed by atoms with Gasteiger partial charge in [-0.15, -0.1) is 0 Å². The zero-order chi connectivity index (χ0) is 11.5. The second-order valence-corrected chi connectivity index (χ2v) is 5.23. The van der Waals surface area contributed by atoms with E-state index in [1.807, 2.05) is 0 Å². The number of nitrogens with one attached hydrogen (secondary N) is 1. The molecule has 2 unspecified atom stereocenters. The number of nitrogens with two attached hydrogens (primary N) is 1. The molecule has 2 fully saturated rings. The molecule has 16 heavy (non-hydrogen) atoms. The second kappa shape index (κ2) is 5.15. The number of carbonyl (C=O) groups is 1. The number of hydrogen-bond acceptors (Lipinski definition) is 3. The number of carbonyl (C=O) groups excluding carboxylic acids is 1. The van der Waals surface area contributed by atoms with Crippen LogP contribution >= 0.6 is 0 Å². The minimum atomic E-state index is 0.282. The molecule has 1 aliphatic carbocycles. The molecule has 0 aromatic carbocycles. The Balaban J connectivity index is 1.67. The highest BCUT2D eigenvalue weighted by Gasteiger charge is 2.39. The lowest BCUT2D eigenvalue weighted by atomic mass is 10.0. The monoisotopic (exact) mass is 225 g/mol. The first-order valence-electron chi connectivity index (χ1n) is 6.43. The average Bonchev–Trinajstić information content (AvgIpc) is 2.99. The number of rotatable bonds is 4. The van der Waals surface area contributed by atoms with E-state index in [9.17, 15) is 4.79 Å². The van der Waals surface area contributed by atoms with Gasteiger partial charge >= 0.3 is 0 Å². The van der Waals surface area contributed by atoms with E-state index in [2.05, 4.69) is 17.1 Å². The van der Waals surface area contributed by atoms with Crippen LogP contribution in [0.2, 0.25) is 0 Å². The molecule has 0 bridgehead atoms. The molecule has 1 saturated heterocycles. The highest BCUT2D eigenvalue weighted by Crippen LogP contribution is 2.37. The summed E-state index contributed by atoms with van der Waals surface area (Å²) in [6.45, 7) is 6.01. The quantitative estimate of drug-likeness (QED) is 0.717. The summed E-state index contributed by atoms with van der Waals surface area (Å²) in [6.07, 6.45) is 3.23. The van der Waals surface area contributed by atoms with E-state index in [0.29, 0.717) is 17.9 Å². The predicted molar refractivity (Wildman–Crippen MR) is 63.9 cm³/mol. The Labute approximate surface area is 97.6 Å². The van der Waals surface area contributed by atoms with Gasteiger partial charge in [-0.05, 0) is 25.2 Å². The highest BCUT2D eigenvalue weighted by atomic mass is 16.2. The SMILES string of the molecule is CC1CC1C(=O)NC1CCN(CCN)CC1. The molecule has 0 aromatic heterocycles. The van der Waals surface area contributed by atoms with Gasteiger partial charge in [-0.25, -0.2) is 0 Å². The third-order valence-corrected chi connectivity index (χ3v) is 3.83. The molecule has 4 heteroatoms. The molecule has 0 spiro atoms. The summed E-state index contributed by atoms with van der Waals surface area (Å²) < 4.78 is 0. The van der Waals surface area contributed by atoms with Gasteiger partial charge in [0, 0.05) is 38.1 Å². The molecule has 2 aliphatic rings. The summed E-state index contributed by atoms with van der Waals surface area (Å²) >= 11 is 0. The Morgan fingerprint density at radius 3 is 2.56 bits per heavy atom. The maximum atomic E-state index is 11.7. The van der Waals surface area contributed by atoms with E-state index in [4.69, 9.17) is 5.73 Å². The molecular formula is C12H23N3O. The Kier molecular flexibility index (Phi) is 3.82. The molecule has 1 heterocycles. The standard InChI is InChI=1S/C12H23N3O/c1-9-8-11(9)12(16)14-10-2-5-15(6-3-10)7-4-13/h9-11H,2-8,13H2,1H3,(H,14,16). The van der Waals surface area contributed by atoms with Crippen LogP contribution in [0.25, 0.3) is 0 Å². The van der Waals surface area contributed by atoms with E-state index < -0.39 is 0 Å². The van der Waals surface area contributed by atoms with Gasteiger partial charge in [0.2, 0.25) is 5.91 Å². The molecule has 3 N–H and O–H groups in total. The van der Waals surface area contributed by atoms with E-state index in [1.165, 1.54) is 0 Å². The van der Waals surface area contributed by atoms with Gasteiger partial charge in [-0.3, -0.25) is 4.79 Å². The molecular weight excluding hydrogens is 202 g/mol. The van der Waals surface area contributed by atoms with Crippen molar-refractivity contribution in [3.63, 3.8) is 0 Å². The predicted octanol–water partition coefficient (Wildman–Crippen LogP) is 0.182. The second-order valence-electron chi connectivity index (χ2n) is 5.23. The zero-order valence-corrected chi connectivity index (χ0v) is 10.1. The maximum absolute atomic E-state index is 11.7. The Morgan fingerprint density at radius 2 is 2.06 bits per heavy atom. The van der Waals surface area contributed by atoms with Crippen LogP contribution in [0.4, 0.5) is 0 Å². The van der Waals surface area contributed by atoms with Crippen LogP contribution in [-0.2, 0) is 4.79 Å². The minimum Gasteiger partial charge on any atom is -0.353 e. The lowest BCUT2D eigenvalue weighted by Gasteiger charge is -2.32. The third-order valence-electron chi connectivity index (χ3n) is 3.83. The number of amides is 1. The summed E-state index contributed by atoms with van der Waals surface area (Å²) in [5.41, 5.74) is 5.53. The summed E-state index contributed by atoms with van der Waals surface area (Å²) in [6, 6.07) is 0.398. The van der Waals surface area contributed by atoms with Crippen molar-refractivity contribution in [3.8, 4) is 0 Å². The van der Waals surface area contributed by atoms with Crippen molar-refractivity contribution in [3.05, 3.63) is 0 Å². The summed E-state index contributed by atoms with van der Waals surface area (Å²) in [5, 5.41) is 3.18. The maximum Gasteiger partial charge on any atom is 0.223 e. The first-order chi connectivity index (χ1) is 7.70. The Bertz CT molecular complexity index is 249. The molecule has 0 aromatic rings. The van der Waals surface area contributed by atoms with Crippen molar-refractivity contribution in [2.45, 2.75) is 32.2 Å². The third kappa shape index (κ3) is 2.95. The van der Waals surface area contributed by atoms with Crippen LogP contribution in [0.5, 0.6) is 0 Å². The summed E-state index contributed by atoms with van der Waals surface area (Å²) in [5.74, 6) is 1.20. The van der Waals surface area contributed by atoms with E-state index in [0.717, 1.165) is 45.4 Å². The first kappa shape index (κ1) is 11.9. The van der Waals surface area contributed by atoms with Gasteiger partial charge in [0.25, 0.3) is 0 Å².